The number of carbonyl (C=O) groups excluding carboxylic acids is 5. The molecular weight excluding hydrogens is 759 g/mol. The number of carbonyl (C=O) groups is 5. The van der Waals surface area contributed by atoms with Gasteiger partial charge >= 0.3 is 12.1 Å². The van der Waals surface area contributed by atoms with Gasteiger partial charge in [0.1, 0.15) is 18.6 Å². The van der Waals surface area contributed by atoms with Gasteiger partial charge in [-0.2, -0.15) is 22.0 Å². The molecule has 0 radical (unpaired) electrons. The number of rotatable bonds is 12. The van der Waals surface area contributed by atoms with Crippen LogP contribution in [-0.4, -0.2) is 60.4 Å². The SMILES string of the molecule is CCOC(=O)CN(NC(=O)C(NC(=O)C(NC(=O)c1ccc(N)c(Cl)c1)C(C)(C)C)c1cccc(C(F)(F)F)c1)C(=O)COc1c(F)c(F)cc(F)c1F. The van der Waals surface area contributed by atoms with Gasteiger partial charge in [0.15, 0.2) is 24.0 Å². The fraction of sp³-hybridized carbons (Fsp3) is 0.324. The van der Waals surface area contributed by atoms with Crippen molar-refractivity contribution >= 4 is 46.9 Å². The van der Waals surface area contributed by atoms with Crippen LogP contribution in [0.1, 0.15) is 55.2 Å². The van der Waals surface area contributed by atoms with Gasteiger partial charge in [-0.3, -0.25) is 29.4 Å². The number of amides is 4. The van der Waals surface area contributed by atoms with E-state index in [2.05, 4.69) is 15.4 Å². The fourth-order valence-corrected chi connectivity index (χ4v) is 4.77. The first kappa shape index (κ1) is 42.8. The standard InChI is InChI=1S/C34H33ClF7N5O7/c1-5-53-24(49)14-47(23(48)15-54-28-25(38)20(36)13-21(37)26(28)39)46-31(51)27(16-7-6-8-18(11-16)34(40,41)42)44-32(52)29(33(2,3)4)45-30(50)17-9-10-22(43)19(35)12-17/h6-13,27,29H,5,14-15,43H2,1-4H3,(H,44,52)(H,45,50)(H,46,51). The number of nitrogens with zero attached hydrogens (tertiary/aromatic N) is 1. The van der Waals surface area contributed by atoms with E-state index in [0.29, 0.717) is 12.1 Å². The average Bonchev–Trinajstić information content (AvgIpc) is 3.08. The molecule has 54 heavy (non-hydrogen) atoms. The summed E-state index contributed by atoms with van der Waals surface area (Å²) in [4.78, 5) is 66.3. The van der Waals surface area contributed by atoms with Crippen molar-refractivity contribution in [1.29, 1.82) is 0 Å². The number of hydrogen-bond acceptors (Lipinski definition) is 8. The Balaban J connectivity index is 2.01. The highest BCUT2D eigenvalue weighted by molar-refractivity contribution is 6.33. The number of ether oxygens (including phenoxy) is 2. The third-order valence-electron chi connectivity index (χ3n) is 7.31. The van der Waals surface area contributed by atoms with E-state index in [1.807, 2.05) is 5.43 Å². The second kappa shape index (κ2) is 17.5. The van der Waals surface area contributed by atoms with Crippen LogP contribution in [0.15, 0.2) is 48.5 Å². The summed E-state index contributed by atoms with van der Waals surface area (Å²) in [7, 11) is 0. The van der Waals surface area contributed by atoms with Gasteiger partial charge in [0, 0.05) is 11.6 Å². The van der Waals surface area contributed by atoms with Crippen molar-refractivity contribution in [2.24, 2.45) is 5.41 Å². The highest BCUT2D eigenvalue weighted by Gasteiger charge is 2.38. The number of halogens is 8. The zero-order chi connectivity index (χ0) is 40.7. The third-order valence-corrected chi connectivity index (χ3v) is 7.64. The molecule has 0 aliphatic carbocycles. The minimum absolute atomic E-state index is 0.0198. The molecule has 5 N–H and O–H groups in total. The lowest BCUT2D eigenvalue weighted by Crippen LogP contribution is -2.57. The number of nitrogens with one attached hydrogen (secondary N) is 3. The molecular formula is C34H33ClF7N5O7. The van der Waals surface area contributed by atoms with Gasteiger partial charge in [0.05, 0.1) is 22.9 Å². The minimum Gasteiger partial charge on any atom is -0.477 e. The Morgan fingerprint density at radius 1 is 0.889 bits per heavy atom. The highest BCUT2D eigenvalue weighted by Crippen LogP contribution is 2.32. The molecule has 0 aliphatic heterocycles. The molecule has 0 saturated carbocycles. The van der Waals surface area contributed by atoms with Crippen LogP contribution in [0.4, 0.5) is 36.4 Å². The zero-order valence-corrected chi connectivity index (χ0v) is 29.6. The molecule has 0 aromatic heterocycles. The molecule has 3 rings (SSSR count). The first-order valence-corrected chi connectivity index (χ1v) is 16.0. The maximum atomic E-state index is 14.2. The first-order chi connectivity index (χ1) is 25.0. The molecule has 0 saturated heterocycles. The maximum absolute atomic E-state index is 14.2. The topological polar surface area (TPSA) is 169 Å². The number of alkyl halides is 3. The third kappa shape index (κ3) is 11.0. The van der Waals surface area contributed by atoms with Crippen molar-refractivity contribution in [3.05, 3.63) is 93.5 Å². The Hall–Kier alpha value is -5.59. The Labute approximate surface area is 308 Å². The Morgan fingerprint density at radius 2 is 1.52 bits per heavy atom. The van der Waals surface area contributed by atoms with Crippen molar-refractivity contribution in [2.45, 2.75) is 46.0 Å². The van der Waals surface area contributed by atoms with Gasteiger partial charge in [-0.1, -0.05) is 44.5 Å². The number of esters is 1. The number of nitrogen functional groups attached to an aromatic ring is 1. The van der Waals surface area contributed by atoms with Crippen molar-refractivity contribution in [3.8, 4) is 5.75 Å². The minimum atomic E-state index is -4.94. The summed E-state index contributed by atoms with van der Waals surface area (Å²) < 4.78 is 106. The van der Waals surface area contributed by atoms with Crippen LogP contribution in [-0.2, 0) is 30.1 Å². The number of benzene rings is 3. The van der Waals surface area contributed by atoms with E-state index in [-0.39, 0.29) is 34.0 Å². The van der Waals surface area contributed by atoms with E-state index in [1.165, 1.54) is 45.9 Å². The van der Waals surface area contributed by atoms with Crippen molar-refractivity contribution in [3.63, 3.8) is 0 Å². The van der Waals surface area contributed by atoms with E-state index < -0.39 is 107 Å². The van der Waals surface area contributed by atoms with E-state index in [1.54, 1.807) is 0 Å². The predicted molar refractivity (Wildman–Crippen MR) is 177 cm³/mol. The summed E-state index contributed by atoms with van der Waals surface area (Å²) in [6, 6.07) is 3.23. The summed E-state index contributed by atoms with van der Waals surface area (Å²) in [5, 5.41) is 4.93. The summed E-state index contributed by atoms with van der Waals surface area (Å²) >= 11 is 6.02. The molecule has 0 heterocycles. The summed E-state index contributed by atoms with van der Waals surface area (Å²) in [5.41, 5.74) is 4.86. The Bertz CT molecular complexity index is 1900. The van der Waals surface area contributed by atoms with E-state index >= 15 is 0 Å². The van der Waals surface area contributed by atoms with E-state index in [4.69, 9.17) is 22.1 Å². The number of nitrogens with two attached hydrogens (primary N) is 1. The lowest BCUT2D eigenvalue weighted by Gasteiger charge is -2.32. The van der Waals surface area contributed by atoms with Crippen LogP contribution < -0.4 is 26.5 Å². The summed E-state index contributed by atoms with van der Waals surface area (Å²) in [6.07, 6.45) is -4.94. The largest absolute Gasteiger partial charge is 0.477 e. The Morgan fingerprint density at radius 3 is 2.07 bits per heavy atom. The van der Waals surface area contributed by atoms with Gasteiger partial charge in [0.2, 0.25) is 17.5 Å². The number of hydrogen-bond donors (Lipinski definition) is 4. The maximum Gasteiger partial charge on any atom is 0.416 e. The van der Waals surface area contributed by atoms with Crippen molar-refractivity contribution in [2.75, 3.05) is 25.5 Å². The van der Waals surface area contributed by atoms with E-state index in [0.717, 1.165) is 12.1 Å². The van der Waals surface area contributed by atoms with E-state index in [9.17, 15) is 54.7 Å². The lowest BCUT2D eigenvalue weighted by atomic mass is 9.85. The molecule has 3 aromatic carbocycles. The van der Waals surface area contributed by atoms with Crippen LogP contribution in [0.5, 0.6) is 5.75 Å². The lowest BCUT2D eigenvalue weighted by molar-refractivity contribution is -0.154. The van der Waals surface area contributed by atoms with Gasteiger partial charge < -0.3 is 25.8 Å². The van der Waals surface area contributed by atoms with Crippen LogP contribution in [0.25, 0.3) is 0 Å². The smallest absolute Gasteiger partial charge is 0.416 e. The molecule has 0 spiro atoms. The molecule has 0 bridgehead atoms. The van der Waals surface area contributed by atoms with Crippen LogP contribution in [0.2, 0.25) is 5.02 Å². The fourth-order valence-electron chi connectivity index (χ4n) is 4.59. The molecule has 12 nitrogen and oxygen atoms in total. The van der Waals surface area contributed by atoms with Gasteiger partial charge in [-0.15, -0.1) is 0 Å². The molecule has 4 amide bonds. The monoisotopic (exact) mass is 791 g/mol. The van der Waals surface area contributed by atoms with Crippen LogP contribution in [0.3, 0.4) is 0 Å². The molecule has 2 unspecified atom stereocenters. The molecule has 0 fully saturated rings. The summed E-state index contributed by atoms with van der Waals surface area (Å²) in [6.45, 7) is 3.08. The average molecular weight is 792 g/mol. The van der Waals surface area contributed by atoms with Gasteiger partial charge in [0.25, 0.3) is 17.7 Å². The quantitative estimate of drug-likeness (QED) is 0.0654. The second-order valence-electron chi connectivity index (χ2n) is 12.4. The van der Waals surface area contributed by atoms with Crippen molar-refractivity contribution < 1.29 is 64.2 Å². The number of anilines is 1. The predicted octanol–water partition coefficient (Wildman–Crippen LogP) is 5.00. The molecule has 0 aliphatic rings. The van der Waals surface area contributed by atoms with Gasteiger partial charge in [-0.05, 0) is 48.2 Å². The van der Waals surface area contributed by atoms with Crippen LogP contribution in [0, 0.1) is 28.7 Å². The van der Waals surface area contributed by atoms with Crippen LogP contribution >= 0.6 is 11.6 Å². The zero-order valence-electron chi connectivity index (χ0n) is 28.8. The first-order valence-electron chi connectivity index (χ1n) is 15.6. The highest BCUT2D eigenvalue weighted by atomic mass is 35.5. The molecule has 2 atom stereocenters. The molecule has 20 heteroatoms. The van der Waals surface area contributed by atoms with Gasteiger partial charge in [-0.25, -0.2) is 13.8 Å². The molecule has 292 valence electrons. The molecule has 3 aromatic rings. The second-order valence-corrected chi connectivity index (χ2v) is 12.8. The van der Waals surface area contributed by atoms with Crippen molar-refractivity contribution in [1.82, 2.24) is 21.1 Å². The number of hydrazine groups is 1. The normalized spacial score (nSPS) is 12.6. The summed E-state index contributed by atoms with van der Waals surface area (Å²) in [5.74, 6) is -15.5. The Kier molecular flexibility index (Phi) is 13.9.